The molecule has 1 atom stereocenters. The Morgan fingerprint density at radius 3 is 2.66 bits per heavy atom. The van der Waals surface area contributed by atoms with Gasteiger partial charge < -0.3 is 14.7 Å². The number of aliphatic hydroxyl groups excluding tert-OH is 1. The number of hydrogen-bond donors (Lipinski definition) is 1. The smallest absolute Gasteiger partial charge is 0.295 e. The molecule has 2 aromatic carbocycles. The predicted octanol–water partition coefficient (Wildman–Crippen LogP) is 4.24. The van der Waals surface area contributed by atoms with Gasteiger partial charge in [0.15, 0.2) is 0 Å². The van der Waals surface area contributed by atoms with E-state index in [1.165, 1.54) is 23.1 Å². The summed E-state index contributed by atoms with van der Waals surface area (Å²) in [5, 5.41) is 11.1. The van der Waals surface area contributed by atoms with Crippen molar-refractivity contribution in [1.82, 2.24) is 9.88 Å². The topological polar surface area (TPSA) is 79.7 Å². The molecule has 1 amide bonds. The van der Waals surface area contributed by atoms with Gasteiger partial charge in [-0.05, 0) is 36.8 Å². The molecule has 0 spiro atoms. The number of Topliss-reactive ketones (excluding diaryl/α,β-unsaturated/α-hetero) is 1. The molecule has 162 valence electrons. The van der Waals surface area contributed by atoms with E-state index in [0.29, 0.717) is 23.5 Å². The van der Waals surface area contributed by atoms with E-state index in [1.54, 1.807) is 54.9 Å². The summed E-state index contributed by atoms with van der Waals surface area (Å²) >= 11 is 0. The Labute approximate surface area is 184 Å². The van der Waals surface area contributed by atoms with Gasteiger partial charge in [0.05, 0.1) is 18.2 Å². The highest BCUT2D eigenvalue weighted by Gasteiger charge is 2.47. The van der Waals surface area contributed by atoms with Crippen LogP contribution in [0.5, 0.6) is 5.75 Å². The third kappa shape index (κ3) is 3.97. The van der Waals surface area contributed by atoms with Crippen LogP contribution in [0, 0.1) is 5.82 Å². The molecule has 32 heavy (non-hydrogen) atoms. The maximum atomic E-state index is 14.8. The van der Waals surface area contributed by atoms with Gasteiger partial charge in [-0.3, -0.25) is 14.6 Å². The molecule has 1 N–H and O–H groups in total. The van der Waals surface area contributed by atoms with Gasteiger partial charge in [0, 0.05) is 30.1 Å². The van der Waals surface area contributed by atoms with Gasteiger partial charge >= 0.3 is 0 Å². The first-order valence-corrected chi connectivity index (χ1v) is 10.2. The molecule has 1 unspecified atom stereocenters. The number of ether oxygens (including phenoxy) is 1. The van der Waals surface area contributed by atoms with Gasteiger partial charge in [0.1, 0.15) is 17.3 Å². The minimum Gasteiger partial charge on any atom is -0.507 e. The van der Waals surface area contributed by atoms with Crippen molar-refractivity contribution in [3.8, 4) is 5.75 Å². The van der Waals surface area contributed by atoms with Crippen LogP contribution in [0.3, 0.4) is 0 Å². The van der Waals surface area contributed by atoms with Gasteiger partial charge in [-0.2, -0.15) is 0 Å². The van der Waals surface area contributed by atoms with E-state index in [1.807, 2.05) is 6.92 Å². The van der Waals surface area contributed by atoms with Crippen molar-refractivity contribution < 1.29 is 23.8 Å². The maximum absolute atomic E-state index is 14.8. The number of hydrogen-bond acceptors (Lipinski definition) is 5. The molecule has 7 heteroatoms. The van der Waals surface area contributed by atoms with Gasteiger partial charge in [-0.1, -0.05) is 36.4 Å². The number of benzene rings is 2. The first kappa shape index (κ1) is 21.2. The van der Waals surface area contributed by atoms with Crippen molar-refractivity contribution in [3.05, 3.63) is 101 Å². The van der Waals surface area contributed by atoms with Crippen LogP contribution in [0.2, 0.25) is 0 Å². The molecule has 2 heterocycles. The van der Waals surface area contributed by atoms with Crippen LogP contribution >= 0.6 is 0 Å². The first-order chi connectivity index (χ1) is 15.5. The van der Waals surface area contributed by atoms with E-state index in [0.717, 1.165) is 0 Å². The van der Waals surface area contributed by atoms with E-state index in [9.17, 15) is 19.1 Å². The summed E-state index contributed by atoms with van der Waals surface area (Å²) in [5.74, 6) is -2.15. The molecule has 1 aromatic heterocycles. The summed E-state index contributed by atoms with van der Waals surface area (Å²) in [7, 11) is 0. The zero-order valence-electron chi connectivity index (χ0n) is 17.4. The van der Waals surface area contributed by atoms with E-state index < -0.39 is 23.5 Å². The molecule has 6 nitrogen and oxygen atoms in total. The monoisotopic (exact) mass is 432 g/mol. The first-order valence-electron chi connectivity index (χ1n) is 10.2. The van der Waals surface area contributed by atoms with Crippen LogP contribution < -0.4 is 4.74 Å². The lowest BCUT2D eigenvalue weighted by atomic mass is 9.94. The van der Waals surface area contributed by atoms with Crippen LogP contribution in [0.1, 0.15) is 29.7 Å². The average molecular weight is 432 g/mol. The number of carbonyl (C=O) groups is 2. The highest BCUT2D eigenvalue weighted by molar-refractivity contribution is 6.46. The Balaban J connectivity index is 1.87. The van der Waals surface area contributed by atoms with E-state index in [4.69, 9.17) is 4.74 Å². The zero-order chi connectivity index (χ0) is 22.7. The normalized spacial score (nSPS) is 17.6. The van der Waals surface area contributed by atoms with Crippen LogP contribution in [0.25, 0.3) is 5.76 Å². The van der Waals surface area contributed by atoms with Crippen LogP contribution in [0.4, 0.5) is 4.39 Å². The third-order valence-corrected chi connectivity index (χ3v) is 5.23. The van der Waals surface area contributed by atoms with Crippen molar-refractivity contribution in [2.45, 2.75) is 19.5 Å². The lowest BCUT2D eigenvalue weighted by Crippen LogP contribution is -2.29. The Morgan fingerprint density at radius 2 is 1.94 bits per heavy atom. The number of halogens is 1. The van der Waals surface area contributed by atoms with Crippen molar-refractivity contribution in [1.29, 1.82) is 0 Å². The summed E-state index contributed by atoms with van der Waals surface area (Å²) in [4.78, 5) is 31.3. The largest absolute Gasteiger partial charge is 0.507 e. The average Bonchev–Trinajstić information content (AvgIpc) is 3.05. The number of aromatic nitrogens is 1. The number of pyridine rings is 1. The van der Waals surface area contributed by atoms with Crippen LogP contribution in [-0.4, -0.2) is 33.3 Å². The Hall–Kier alpha value is -4.00. The number of carbonyl (C=O) groups excluding carboxylic acids is 2. The summed E-state index contributed by atoms with van der Waals surface area (Å²) in [6, 6.07) is 14.9. The van der Waals surface area contributed by atoms with Crippen molar-refractivity contribution >= 4 is 17.4 Å². The lowest BCUT2D eigenvalue weighted by molar-refractivity contribution is -0.140. The third-order valence-electron chi connectivity index (χ3n) is 5.23. The second kappa shape index (κ2) is 9.01. The summed E-state index contributed by atoms with van der Waals surface area (Å²) in [6.45, 7) is 2.29. The number of rotatable bonds is 6. The molecule has 4 rings (SSSR count). The predicted molar refractivity (Wildman–Crippen MR) is 116 cm³/mol. The lowest BCUT2D eigenvalue weighted by Gasteiger charge is -2.25. The Kier molecular flexibility index (Phi) is 5.98. The number of amides is 1. The second-order valence-electron chi connectivity index (χ2n) is 7.27. The molecule has 1 aliphatic rings. The van der Waals surface area contributed by atoms with E-state index >= 15 is 0 Å². The van der Waals surface area contributed by atoms with Crippen molar-refractivity contribution in [2.75, 3.05) is 6.61 Å². The summed E-state index contributed by atoms with van der Waals surface area (Å²) in [5.41, 5.74) is 0.932. The second-order valence-corrected chi connectivity index (χ2v) is 7.27. The highest BCUT2D eigenvalue weighted by Crippen LogP contribution is 2.41. The highest BCUT2D eigenvalue weighted by atomic mass is 19.1. The van der Waals surface area contributed by atoms with Crippen molar-refractivity contribution in [3.63, 3.8) is 0 Å². The fraction of sp³-hybridized carbons (Fsp3) is 0.160. The van der Waals surface area contributed by atoms with E-state index in [-0.39, 0.29) is 23.4 Å². The molecule has 1 fully saturated rings. The molecule has 0 radical (unpaired) electrons. The molecule has 3 aromatic rings. The number of nitrogens with zero attached hydrogens (tertiary/aromatic N) is 2. The van der Waals surface area contributed by atoms with Gasteiger partial charge in [-0.25, -0.2) is 4.39 Å². The van der Waals surface area contributed by atoms with Crippen LogP contribution in [-0.2, 0) is 16.1 Å². The maximum Gasteiger partial charge on any atom is 0.295 e. The molecular formula is C25H21FN2O4. The molecule has 1 saturated heterocycles. The SMILES string of the molecule is CCOc1cccc(/C(O)=C2\C(=O)C(=O)N(Cc3cccnc3)C2c2ccccc2F)c1. The van der Waals surface area contributed by atoms with Gasteiger partial charge in [0.2, 0.25) is 0 Å². The quantitative estimate of drug-likeness (QED) is 0.358. The Bertz CT molecular complexity index is 1190. The van der Waals surface area contributed by atoms with Crippen molar-refractivity contribution in [2.24, 2.45) is 0 Å². The van der Waals surface area contributed by atoms with Crippen LogP contribution in [0.15, 0.2) is 78.6 Å². The minimum absolute atomic E-state index is 0.0349. The molecule has 0 saturated carbocycles. The van der Waals surface area contributed by atoms with Gasteiger partial charge in [-0.15, -0.1) is 0 Å². The Morgan fingerprint density at radius 1 is 1.12 bits per heavy atom. The molecule has 0 bridgehead atoms. The zero-order valence-corrected chi connectivity index (χ0v) is 17.4. The molecular weight excluding hydrogens is 411 g/mol. The molecule has 1 aliphatic heterocycles. The summed E-state index contributed by atoms with van der Waals surface area (Å²) < 4.78 is 20.3. The number of likely N-dealkylation sites (tertiary alicyclic amines) is 1. The minimum atomic E-state index is -1.09. The number of aliphatic hydroxyl groups is 1. The van der Waals surface area contributed by atoms with Gasteiger partial charge in [0.25, 0.3) is 11.7 Å². The fourth-order valence-corrected chi connectivity index (χ4v) is 3.81. The van der Waals surface area contributed by atoms with E-state index in [2.05, 4.69) is 4.98 Å². The standard InChI is InChI=1S/C25H21FN2O4/c1-2-32-18-9-5-8-17(13-18)23(29)21-22(19-10-3-4-11-20(19)26)28(25(31)24(21)30)15-16-7-6-12-27-14-16/h3-14,22,29H,2,15H2,1H3/b23-21+. The molecule has 0 aliphatic carbocycles. The summed E-state index contributed by atoms with van der Waals surface area (Å²) in [6.07, 6.45) is 3.17. The fourth-order valence-electron chi connectivity index (χ4n) is 3.81. The number of ketones is 1.